The summed E-state index contributed by atoms with van der Waals surface area (Å²) in [5.41, 5.74) is 0.779. The van der Waals surface area contributed by atoms with Crippen LogP contribution < -0.4 is 0 Å². The smallest absolute Gasteiger partial charge is 0.133 e. The number of aliphatic hydroxyl groups is 2. The molecule has 2 aliphatic rings. The van der Waals surface area contributed by atoms with E-state index in [1.807, 2.05) is 44.2 Å². The van der Waals surface area contributed by atoms with Crippen LogP contribution in [0.5, 0.6) is 0 Å². The second kappa shape index (κ2) is 7.79. The van der Waals surface area contributed by atoms with Gasteiger partial charge in [0.15, 0.2) is 0 Å². The quantitative estimate of drug-likeness (QED) is 0.860. The lowest BCUT2D eigenvalue weighted by Crippen LogP contribution is -2.43. The summed E-state index contributed by atoms with van der Waals surface area (Å²) < 4.78 is 0. The fourth-order valence-corrected chi connectivity index (χ4v) is 4.06. The van der Waals surface area contributed by atoms with E-state index in [9.17, 15) is 19.8 Å². The van der Waals surface area contributed by atoms with E-state index in [0.29, 0.717) is 30.5 Å². The second-order valence-electron chi connectivity index (χ2n) is 8.35. The van der Waals surface area contributed by atoms with Gasteiger partial charge in [-0.05, 0) is 49.0 Å². The van der Waals surface area contributed by atoms with Gasteiger partial charge in [-0.3, -0.25) is 4.79 Å². The maximum absolute atomic E-state index is 11.3. The predicted molar refractivity (Wildman–Crippen MR) is 97.0 cm³/mol. The van der Waals surface area contributed by atoms with E-state index >= 15 is 0 Å². The third-order valence-corrected chi connectivity index (χ3v) is 5.35. The molecule has 3 rings (SSSR count). The Morgan fingerprint density at radius 2 is 1.60 bits per heavy atom. The van der Waals surface area contributed by atoms with Crippen molar-refractivity contribution in [2.45, 2.75) is 59.2 Å². The Labute approximate surface area is 150 Å². The number of Topliss-reactive ketones (excluding diaryl/α,β-unsaturated/α-hetero) is 2. The third kappa shape index (κ3) is 4.99. The summed E-state index contributed by atoms with van der Waals surface area (Å²) in [7, 11) is 0. The van der Waals surface area contributed by atoms with E-state index in [1.54, 1.807) is 0 Å². The lowest BCUT2D eigenvalue weighted by Gasteiger charge is -2.34. The van der Waals surface area contributed by atoms with Gasteiger partial charge in [-0.2, -0.15) is 0 Å². The molecule has 1 aromatic rings. The molecular formula is C21H30O4. The predicted octanol–water partition coefficient (Wildman–Crippen LogP) is 2.80. The summed E-state index contributed by atoms with van der Waals surface area (Å²) in [5, 5.41) is 21.1. The number of aliphatic hydroxyl groups excluding tert-OH is 2. The van der Waals surface area contributed by atoms with E-state index in [0.717, 1.165) is 6.42 Å². The summed E-state index contributed by atoms with van der Waals surface area (Å²) >= 11 is 0. The molecule has 0 spiro atoms. The molecule has 1 aromatic carbocycles. The third-order valence-electron chi connectivity index (χ3n) is 5.35. The van der Waals surface area contributed by atoms with Crippen molar-refractivity contribution >= 4 is 11.6 Å². The molecule has 25 heavy (non-hydrogen) atoms. The Morgan fingerprint density at radius 3 is 2.08 bits per heavy atom. The van der Waals surface area contributed by atoms with Gasteiger partial charge in [0.05, 0.1) is 12.2 Å². The lowest BCUT2D eigenvalue weighted by molar-refractivity contribution is -0.119. The van der Waals surface area contributed by atoms with Gasteiger partial charge in [0, 0.05) is 12.8 Å². The molecule has 2 N–H and O–H groups in total. The van der Waals surface area contributed by atoms with Gasteiger partial charge < -0.3 is 15.0 Å². The first-order valence-electron chi connectivity index (χ1n) is 9.02. The van der Waals surface area contributed by atoms with E-state index in [4.69, 9.17) is 0 Å². The first kappa shape index (κ1) is 19.8. The number of hydrogen-bond donors (Lipinski definition) is 2. The zero-order valence-electron chi connectivity index (χ0n) is 15.6. The molecule has 0 aromatic heterocycles. The highest BCUT2D eigenvalue weighted by atomic mass is 16.3. The van der Waals surface area contributed by atoms with Gasteiger partial charge in [0.25, 0.3) is 0 Å². The Balaban J connectivity index is 0.000000511. The maximum Gasteiger partial charge on any atom is 0.133 e. The minimum absolute atomic E-state index is 0.118. The average Bonchev–Trinajstić information content (AvgIpc) is 3.02. The Bertz CT molecular complexity index is 590. The molecule has 4 atom stereocenters. The van der Waals surface area contributed by atoms with Gasteiger partial charge in [0.1, 0.15) is 11.6 Å². The lowest BCUT2D eigenvalue weighted by atomic mass is 9.76. The van der Waals surface area contributed by atoms with Gasteiger partial charge in [0.2, 0.25) is 0 Å². The van der Waals surface area contributed by atoms with Gasteiger partial charge in [-0.25, -0.2) is 0 Å². The average molecular weight is 346 g/mol. The minimum atomic E-state index is -0.761. The van der Waals surface area contributed by atoms with Crippen molar-refractivity contribution < 1.29 is 19.8 Å². The van der Waals surface area contributed by atoms with Crippen LogP contribution >= 0.6 is 0 Å². The van der Waals surface area contributed by atoms with Crippen molar-refractivity contribution in [3.8, 4) is 0 Å². The molecule has 2 aliphatic carbocycles. The molecule has 0 aliphatic heterocycles. The Morgan fingerprint density at radius 1 is 1.12 bits per heavy atom. The highest BCUT2D eigenvalue weighted by molar-refractivity contribution is 5.83. The summed E-state index contributed by atoms with van der Waals surface area (Å²) in [5.74, 6) is 1.23. The van der Waals surface area contributed by atoms with Crippen LogP contribution in [0, 0.1) is 23.2 Å². The second-order valence-corrected chi connectivity index (χ2v) is 8.35. The minimum Gasteiger partial charge on any atom is -0.390 e. The van der Waals surface area contributed by atoms with Crippen molar-refractivity contribution in [3.63, 3.8) is 0 Å². The van der Waals surface area contributed by atoms with Crippen LogP contribution in [0.4, 0.5) is 0 Å². The molecule has 0 radical (unpaired) electrons. The summed E-state index contributed by atoms with van der Waals surface area (Å²) in [6.45, 7) is 7.05. The van der Waals surface area contributed by atoms with E-state index < -0.39 is 12.2 Å². The monoisotopic (exact) mass is 346 g/mol. The van der Waals surface area contributed by atoms with Gasteiger partial charge >= 0.3 is 0 Å². The van der Waals surface area contributed by atoms with Gasteiger partial charge in [-0.1, -0.05) is 44.2 Å². The zero-order valence-corrected chi connectivity index (χ0v) is 15.6. The number of benzene rings is 1. The van der Waals surface area contributed by atoms with E-state index in [-0.39, 0.29) is 17.1 Å². The first-order valence-corrected chi connectivity index (χ1v) is 9.02. The van der Waals surface area contributed by atoms with Gasteiger partial charge in [-0.15, -0.1) is 0 Å². The number of carbonyl (C=O) groups is 2. The molecule has 0 amide bonds. The fourth-order valence-electron chi connectivity index (χ4n) is 4.06. The first-order chi connectivity index (χ1) is 11.6. The molecule has 2 saturated carbocycles. The Kier molecular flexibility index (Phi) is 6.17. The number of ketones is 2. The van der Waals surface area contributed by atoms with Crippen molar-refractivity contribution in [1.29, 1.82) is 0 Å². The highest BCUT2D eigenvalue weighted by Gasteiger charge is 2.60. The normalized spacial score (nSPS) is 27.0. The van der Waals surface area contributed by atoms with Crippen molar-refractivity contribution in [3.05, 3.63) is 35.9 Å². The molecule has 4 unspecified atom stereocenters. The Hall–Kier alpha value is -1.52. The molecule has 0 bridgehead atoms. The van der Waals surface area contributed by atoms with E-state index in [1.165, 1.54) is 19.4 Å². The van der Waals surface area contributed by atoms with Crippen LogP contribution in [-0.2, 0) is 16.0 Å². The number of fused-ring (bicyclic) bond motifs is 1. The van der Waals surface area contributed by atoms with Crippen molar-refractivity contribution in [2.75, 3.05) is 0 Å². The molecule has 2 fully saturated rings. The molecule has 138 valence electrons. The summed E-state index contributed by atoms with van der Waals surface area (Å²) in [4.78, 5) is 20.8. The molecule has 4 heteroatoms. The molecule has 0 saturated heterocycles. The van der Waals surface area contributed by atoms with Crippen LogP contribution in [0.2, 0.25) is 0 Å². The van der Waals surface area contributed by atoms with Crippen LogP contribution in [0.3, 0.4) is 0 Å². The highest BCUT2D eigenvalue weighted by Crippen LogP contribution is 2.58. The number of hydrogen-bond acceptors (Lipinski definition) is 4. The van der Waals surface area contributed by atoms with Crippen LogP contribution in [0.25, 0.3) is 0 Å². The van der Waals surface area contributed by atoms with Crippen LogP contribution in [0.1, 0.15) is 46.1 Å². The fraction of sp³-hybridized carbons (Fsp3) is 0.619. The molecular weight excluding hydrogens is 316 g/mol. The molecule has 4 nitrogen and oxygen atoms in total. The van der Waals surface area contributed by atoms with Crippen molar-refractivity contribution in [2.24, 2.45) is 23.2 Å². The topological polar surface area (TPSA) is 74.6 Å². The number of rotatable bonds is 5. The maximum atomic E-state index is 11.3. The largest absolute Gasteiger partial charge is 0.390 e. The van der Waals surface area contributed by atoms with E-state index in [2.05, 4.69) is 0 Å². The summed E-state index contributed by atoms with van der Waals surface area (Å²) in [6, 6.07) is 10.1. The number of carbonyl (C=O) groups excluding carboxylic acids is 2. The van der Waals surface area contributed by atoms with Crippen LogP contribution in [0.15, 0.2) is 30.3 Å². The summed E-state index contributed by atoms with van der Waals surface area (Å²) in [6.07, 6.45) is 0.443. The molecule has 0 heterocycles. The zero-order chi connectivity index (χ0) is 18.8. The SMILES string of the molecule is CC(C)(Cc1ccccc1)C(O)C(O)C1C2CC(=O)CC21.CC(C)=O. The van der Waals surface area contributed by atoms with Crippen LogP contribution in [-0.4, -0.2) is 34.0 Å². The standard InChI is InChI=1S/C18H24O3.C3H6O/c1-18(2,10-11-6-4-3-5-7-11)17(21)16(20)15-13-8-12(19)9-14(13)15;1-3(2)4/h3-7,13-17,20-21H,8-10H2,1-2H3;1-2H3. The van der Waals surface area contributed by atoms with Crippen molar-refractivity contribution in [1.82, 2.24) is 0 Å².